The molecular formula is C23H18N2O3. The Kier molecular flexibility index (Phi) is 4.85. The standard InChI is InChI=1S/C23H18N2O3/c1-27-19-12-13-25(15-19)16-20-22-17(7-5-11-21(22)24-23(20)26)8-6-14-28-18-9-3-2-4-10-18/h2-5,7,9-13,15-16H,14H2,1H3,(H,24,26). The first-order chi connectivity index (χ1) is 13.7. The van der Waals surface area contributed by atoms with Gasteiger partial charge in [-0.05, 0) is 30.3 Å². The average Bonchev–Trinajstić information content (AvgIpc) is 3.31. The predicted octanol–water partition coefficient (Wildman–Crippen LogP) is 3.88. The maximum absolute atomic E-state index is 12.5. The quantitative estimate of drug-likeness (QED) is 0.560. The van der Waals surface area contributed by atoms with Gasteiger partial charge in [-0.3, -0.25) is 4.79 Å². The topological polar surface area (TPSA) is 52.5 Å². The van der Waals surface area contributed by atoms with Crippen LogP contribution < -0.4 is 14.8 Å². The number of fused-ring (bicyclic) bond motifs is 1. The molecule has 4 rings (SSSR count). The minimum atomic E-state index is -0.155. The van der Waals surface area contributed by atoms with Gasteiger partial charge in [0.15, 0.2) is 0 Å². The Morgan fingerprint density at radius 3 is 2.71 bits per heavy atom. The number of anilines is 1. The lowest BCUT2D eigenvalue weighted by Gasteiger charge is -2.03. The van der Waals surface area contributed by atoms with Crippen LogP contribution in [0.4, 0.5) is 5.69 Å². The van der Waals surface area contributed by atoms with Gasteiger partial charge in [-0.25, -0.2) is 0 Å². The van der Waals surface area contributed by atoms with Gasteiger partial charge in [-0.2, -0.15) is 0 Å². The molecule has 138 valence electrons. The second kappa shape index (κ2) is 7.77. The molecule has 0 atom stereocenters. The molecule has 3 aromatic rings. The number of benzene rings is 2. The van der Waals surface area contributed by atoms with Crippen molar-refractivity contribution in [3.63, 3.8) is 0 Å². The van der Waals surface area contributed by atoms with Crippen molar-refractivity contribution >= 4 is 23.4 Å². The lowest BCUT2D eigenvalue weighted by atomic mass is 10.0. The first-order valence-corrected chi connectivity index (χ1v) is 8.79. The molecule has 1 aromatic heterocycles. The normalized spacial score (nSPS) is 13.5. The first kappa shape index (κ1) is 17.5. The Morgan fingerprint density at radius 2 is 1.93 bits per heavy atom. The highest BCUT2D eigenvalue weighted by Crippen LogP contribution is 2.35. The highest BCUT2D eigenvalue weighted by Gasteiger charge is 2.26. The summed E-state index contributed by atoms with van der Waals surface area (Å²) in [5.41, 5.74) is 2.89. The molecule has 5 heteroatoms. The Balaban J connectivity index is 1.61. The number of rotatable bonds is 4. The van der Waals surface area contributed by atoms with Gasteiger partial charge in [-0.15, -0.1) is 0 Å². The van der Waals surface area contributed by atoms with Gasteiger partial charge in [0.05, 0.1) is 24.6 Å². The number of methoxy groups -OCH3 is 1. The van der Waals surface area contributed by atoms with E-state index >= 15 is 0 Å². The van der Waals surface area contributed by atoms with E-state index in [9.17, 15) is 4.79 Å². The number of carbonyl (C=O) groups is 1. The average molecular weight is 370 g/mol. The third-order valence-corrected chi connectivity index (χ3v) is 4.31. The SMILES string of the molecule is COc1ccn(C=C2C(=O)Nc3cccc(C#CCOc4ccccc4)c32)c1. The van der Waals surface area contributed by atoms with Crippen LogP contribution in [0.3, 0.4) is 0 Å². The van der Waals surface area contributed by atoms with Crippen LogP contribution in [0.25, 0.3) is 11.8 Å². The molecule has 0 unspecified atom stereocenters. The highest BCUT2D eigenvalue weighted by molar-refractivity contribution is 6.34. The zero-order chi connectivity index (χ0) is 19.3. The van der Waals surface area contributed by atoms with Crippen molar-refractivity contribution in [2.45, 2.75) is 0 Å². The zero-order valence-corrected chi connectivity index (χ0v) is 15.3. The fourth-order valence-corrected chi connectivity index (χ4v) is 2.99. The molecule has 0 saturated carbocycles. The number of amides is 1. The van der Waals surface area contributed by atoms with E-state index in [0.717, 1.165) is 28.3 Å². The van der Waals surface area contributed by atoms with Crippen molar-refractivity contribution in [1.82, 2.24) is 4.57 Å². The van der Waals surface area contributed by atoms with Crippen LogP contribution >= 0.6 is 0 Å². The molecule has 1 N–H and O–H groups in total. The monoisotopic (exact) mass is 370 g/mol. The lowest BCUT2D eigenvalue weighted by molar-refractivity contribution is -0.110. The van der Waals surface area contributed by atoms with E-state index in [1.54, 1.807) is 24.1 Å². The fraction of sp³-hybridized carbons (Fsp3) is 0.0870. The molecule has 1 aliphatic rings. The summed E-state index contributed by atoms with van der Waals surface area (Å²) in [5.74, 6) is 7.49. The largest absolute Gasteiger partial charge is 0.495 e. The van der Waals surface area contributed by atoms with E-state index in [1.165, 1.54) is 0 Å². The van der Waals surface area contributed by atoms with E-state index in [2.05, 4.69) is 17.2 Å². The number of hydrogen-bond donors (Lipinski definition) is 1. The van der Waals surface area contributed by atoms with Crippen LogP contribution in [0.5, 0.6) is 11.5 Å². The molecule has 2 heterocycles. The van der Waals surface area contributed by atoms with Crippen LogP contribution in [0.15, 0.2) is 67.0 Å². The summed E-state index contributed by atoms with van der Waals surface area (Å²) in [6, 6.07) is 17.0. The maximum atomic E-state index is 12.5. The summed E-state index contributed by atoms with van der Waals surface area (Å²) >= 11 is 0. The van der Waals surface area contributed by atoms with Gasteiger partial charge in [0.25, 0.3) is 5.91 Å². The highest BCUT2D eigenvalue weighted by atomic mass is 16.5. The Labute approximate surface area is 163 Å². The van der Waals surface area contributed by atoms with Crippen LogP contribution in [-0.4, -0.2) is 24.2 Å². The molecule has 0 aliphatic carbocycles. The molecular weight excluding hydrogens is 352 g/mol. The third-order valence-electron chi connectivity index (χ3n) is 4.31. The molecule has 0 bridgehead atoms. The van der Waals surface area contributed by atoms with Crippen LogP contribution in [0.2, 0.25) is 0 Å². The van der Waals surface area contributed by atoms with E-state index in [0.29, 0.717) is 5.57 Å². The van der Waals surface area contributed by atoms with Crippen molar-refractivity contribution in [3.8, 4) is 23.3 Å². The van der Waals surface area contributed by atoms with Gasteiger partial charge in [0, 0.05) is 23.5 Å². The van der Waals surface area contributed by atoms with Crippen LogP contribution in [0, 0.1) is 11.8 Å². The smallest absolute Gasteiger partial charge is 0.257 e. The predicted molar refractivity (Wildman–Crippen MR) is 109 cm³/mol. The lowest BCUT2D eigenvalue weighted by Crippen LogP contribution is -2.04. The summed E-state index contributed by atoms with van der Waals surface area (Å²) in [5, 5.41) is 2.89. The summed E-state index contributed by atoms with van der Waals surface area (Å²) in [6.07, 6.45) is 5.41. The van der Waals surface area contributed by atoms with Gasteiger partial charge in [-0.1, -0.05) is 36.1 Å². The van der Waals surface area contributed by atoms with E-state index in [4.69, 9.17) is 9.47 Å². The van der Waals surface area contributed by atoms with Crippen LogP contribution in [0.1, 0.15) is 11.1 Å². The number of para-hydroxylation sites is 1. The minimum Gasteiger partial charge on any atom is -0.495 e. The molecule has 2 aromatic carbocycles. The van der Waals surface area contributed by atoms with Gasteiger partial charge in [0.2, 0.25) is 0 Å². The van der Waals surface area contributed by atoms with Crippen molar-refractivity contribution in [2.24, 2.45) is 0 Å². The molecule has 0 spiro atoms. The van der Waals surface area contributed by atoms with Crippen molar-refractivity contribution in [2.75, 3.05) is 19.0 Å². The number of hydrogen-bond acceptors (Lipinski definition) is 3. The number of nitrogens with zero attached hydrogens (tertiary/aromatic N) is 1. The maximum Gasteiger partial charge on any atom is 0.257 e. The summed E-state index contributed by atoms with van der Waals surface area (Å²) < 4.78 is 12.6. The van der Waals surface area contributed by atoms with Gasteiger partial charge < -0.3 is 19.4 Å². The van der Waals surface area contributed by atoms with E-state index in [1.807, 2.05) is 60.8 Å². The number of ether oxygens (including phenoxy) is 2. The fourth-order valence-electron chi connectivity index (χ4n) is 2.99. The van der Waals surface area contributed by atoms with Gasteiger partial charge in [0.1, 0.15) is 18.1 Å². The van der Waals surface area contributed by atoms with E-state index in [-0.39, 0.29) is 12.5 Å². The zero-order valence-electron chi connectivity index (χ0n) is 15.3. The molecule has 1 amide bonds. The summed E-state index contributed by atoms with van der Waals surface area (Å²) in [6.45, 7) is 0.267. The third kappa shape index (κ3) is 3.62. The van der Waals surface area contributed by atoms with Crippen LogP contribution in [-0.2, 0) is 4.79 Å². The molecule has 0 saturated heterocycles. The second-order valence-electron chi connectivity index (χ2n) is 6.13. The Bertz CT molecular complexity index is 1100. The van der Waals surface area contributed by atoms with Crippen molar-refractivity contribution in [3.05, 3.63) is 78.1 Å². The van der Waals surface area contributed by atoms with Gasteiger partial charge >= 0.3 is 0 Å². The second-order valence-corrected chi connectivity index (χ2v) is 6.13. The van der Waals surface area contributed by atoms with E-state index < -0.39 is 0 Å². The molecule has 0 radical (unpaired) electrons. The Hall–Kier alpha value is -3.91. The molecule has 5 nitrogen and oxygen atoms in total. The van der Waals surface area contributed by atoms with Crippen molar-refractivity contribution in [1.29, 1.82) is 0 Å². The molecule has 1 aliphatic heterocycles. The molecule has 0 fully saturated rings. The summed E-state index contributed by atoms with van der Waals surface area (Å²) in [4.78, 5) is 12.5. The van der Waals surface area contributed by atoms with Crippen molar-refractivity contribution < 1.29 is 14.3 Å². The Morgan fingerprint density at radius 1 is 1.07 bits per heavy atom. The number of carbonyl (C=O) groups excluding carboxylic acids is 1. The number of nitrogens with one attached hydrogen (secondary N) is 1. The first-order valence-electron chi connectivity index (χ1n) is 8.79. The summed E-state index contributed by atoms with van der Waals surface area (Å²) in [7, 11) is 1.61. The number of aromatic nitrogens is 1. The molecule has 28 heavy (non-hydrogen) atoms. The minimum absolute atomic E-state index is 0.155.